The van der Waals surface area contributed by atoms with Gasteiger partial charge in [-0.2, -0.15) is 0 Å². The highest BCUT2D eigenvalue weighted by Gasteiger charge is 2.16. The fourth-order valence-electron chi connectivity index (χ4n) is 0.785. The van der Waals surface area contributed by atoms with Gasteiger partial charge in [-0.05, 0) is 18.3 Å². The van der Waals surface area contributed by atoms with Gasteiger partial charge >= 0.3 is 11.8 Å². The second kappa shape index (κ2) is 5.07. The molecule has 0 saturated carbocycles. The number of rotatable bonds is 2. The molecular weight excluding hydrogens is 236 g/mol. The van der Waals surface area contributed by atoms with Gasteiger partial charge in [-0.3, -0.25) is 25.8 Å². The minimum absolute atomic E-state index is 0.182. The lowest BCUT2D eigenvalue weighted by molar-refractivity contribution is -0.402. The molecule has 0 bridgehead atoms. The van der Waals surface area contributed by atoms with E-state index in [4.69, 9.17) is 12.2 Å². The number of nitro groups is 1. The Bertz CT molecular complexity index is 430. The van der Waals surface area contributed by atoms with Crippen LogP contribution in [0.25, 0.3) is 0 Å². The van der Waals surface area contributed by atoms with E-state index in [0.29, 0.717) is 0 Å². The lowest BCUT2D eigenvalue weighted by Crippen LogP contribution is -2.45. The molecule has 8 nitrogen and oxygen atoms in total. The van der Waals surface area contributed by atoms with Crippen molar-refractivity contribution >= 4 is 29.1 Å². The summed E-state index contributed by atoms with van der Waals surface area (Å²) < 4.78 is 4.66. The Hall–Kier alpha value is -2.16. The SMILES string of the molecule is CNC(=S)NNC(=O)c1ccc([N+](=O)[O-])o1. The van der Waals surface area contributed by atoms with E-state index in [2.05, 4.69) is 20.6 Å². The predicted molar refractivity (Wildman–Crippen MR) is 57.6 cm³/mol. The molecule has 0 atom stereocenters. The molecule has 0 aliphatic heterocycles. The Morgan fingerprint density at radius 2 is 2.19 bits per heavy atom. The zero-order valence-corrected chi connectivity index (χ0v) is 8.96. The molecule has 16 heavy (non-hydrogen) atoms. The largest absolute Gasteiger partial charge is 0.433 e. The fraction of sp³-hybridized carbons (Fsp3) is 0.143. The van der Waals surface area contributed by atoms with Crippen LogP contribution in [0.3, 0.4) is 0 Å². The Labute approximate surface area is 95.1 Å². The number of hydrogen-bond donors (Lipinski definition) is 3. The molecule has 0 aliphatic rings. The summed E-state index contributed by atoms with van der Waals surface area (Å²) in [6.45, 7) is 0. The van der Waals surface area contributed by atoms with Gasteiger partial charge in [-0.25, -0.2) is 0 Å². The summed E-state index contributed by atoms with van der Waals surface area (Å²) in [7, 11) is 1.57. The summed E-state index contributed by atoms with van der Waals surface area (Å²) in [5, 5.41) is 13.0. The van der Waals surface area contributed by atoms with Crippen LogP contribution in [0.4, 0.5) is 5.88 Å². The summed E-state index contributed by atoms with van der Waals surface area (Å²) in [5.41, 5.74) is 4.55. The molecule has 0 saturated heterocycles. The van der Waals surface area contributed by atoms with E-state index in [1.807, 2.05) is 0 Å². The molecule has 0 unspecified atom stereocenters. The van der Waals surface area contributed by atoms with E-state index in [-0.39, 0.29) is 10.9 Å². The molecule has 0 aromatic carbocycles. The zero-order chi connectivity index (χ0) is 12.1. The zero-order valence-electron chi connectivity index (χ0n) is 8.14. The van der Waals surface area contributed by atoms with Crippen LogP contribution in [0.5, 0.6) is 0 Å². The molecule has 9 heteroatoms. The first-order valence-electron chi connectivity index (χ1n) is 4.07. The topological polar surface area (TPSA) is 109 Å². The van der Waals surface area contributed by atoms with Crippen LogP contribution in [-0.2, 0) is 0 Å². The van der Waals surface area contributed by atoms with Crippen molar-refractivity contribution in [3.63, 3.8) is 0 Å². The lowest BCUT2D eigenvalue weighted by Gasteiger charge is -2.06. The quantitative estimate of drug-likeness (QED) is 0.379. The number of carbonyl (C=O) groups excluding carboxylic acids is 1. The van der Waals surface area contributed by atoms with Crippen LogP contribution in [0.15, 0.2) is 16.5 Å². The summed E-state index contributed by atoms with van der Waals surface area (Å²) in [5.74, 6) is -1.34. The summed E-state index contributed by atoms with van der Waals surface area (Å²) in [6, 6.07) is 2.28. The summed E-state index contributed by atoms with van der Waals surface area (Å²) in [4.78, 5) is 20.9. The first-order valence-corrected chi connectivity index (χ1v) is 4.47. The second-order valence-corrected chi connectivity index (χ2v) is 2.96. The molecule has 86 valence electrons. The molecule has 1 aromatic rings. The monoisotopic (exact) mass is 244 g/mol. The third kappa shape index (κ3) is 2.92. The minimum atomic E-state index is -0.734. The molecule has 0 aliphatic carbocycles. The van der Waals surface area contributed by atoms with E-state index < -0.39 is 16.7 Å². The van der Waals surface area contributed by atoms with Gasteiger partial charge in [-0.15, -0.1) is 0 Å². The minimum Gasteiger partial charge on any atom is -0.395 e. The maximum Gasteiger partial charge on any atom is 0.433 e. The van der Waals surface area contributed by atoms with Crippen molar-refractivity contribution in [1.82, 2.24) is 16.2 Å². The van der Waals surface area contributed by atoms with E-state index in [9.17, 15) is 14.9 Å². The normalized spacial score (nSPS) is 9.31. The Kier molecular flexibility index (Phi) is 3.78. The molecule has 0 spiro atoms. The standard InChI is InChI=1S/C7H8N4O4S/c1-8-7(16)10-9-6(12)4-2-3-5(15-4)11(13)14/h2-3H,1H3,(H,9,12)(H2,8,10,16). The van der Waals surface area contributed by atoms with Gasteiger partial charge in [0.25, 0.3) is 0 Å². The first-order chi connectivity index (χ1) is 7.54. The van der Waals surface area contributed by atoms with Crippen molar-refractivity contribution in [2.45, 2.75) is 0 Å². The number of hydrazine groups is 1. The predicted octanol–water partition coefficient (Wildman–Crippen LogP) is -0.0735. The Morgan fingerprint density at radius 1 is 1.50 bits per heavy atom. The molecule has 1 heterocycles. The summed E-state index contributed by atoms with van der Waals surface area (Å²) in [6.07, 6.45) is 0. The number of nitrogens with zero attached hydrogens (tertiary/aromatic N) is 1. The van der Waals surface area contributed by atoms with Crippen LogP contribution < -0.4 is 16.2 Å². The molecule has 3 N–H and O–H groups in total. The van der Waals surface area contributed by atoms with Crippen LogP contribution in [0, 0.1) is 10.1 Å². The van der Waals surface area contributed by atoms with Crippen molar-refractivity contribution in [3.05, 3.63) is 28.0 Å². The second-order valence-electron chi connectivity index (χ2n) is 2.55. The number of carbonyl (C=O) groups is 1. The highest BCUT2D eigenvalue weighted by Crippen LogP contribution is 2.14. The van der Waals surface area contributed by atoms with Gasteiger partial charge in [0, 0.05) is 7.05 Å². The fourth-order valence-corrected chi connectivity index (χ4v) is 0.836. The van der Waals surface area contributed by atoms with E-state index in [1.54, 1.807) is 7.05 Å². The number of hydrogen-bond acceptors (Lipinski definition) is 5. The van der Waals surface area contributed by atoms with E-state index >= 15 is 0 Å². The first kappa shape index (κ1) is 11.9. The Morgan fingerprint density at radius 3 is 2.69 bits per heavy atom. The maximum atomic E-state index is 11.3. The van der Waals surface area contributed by atoms with Crippen LogP contribution >= 0.6 is 12.2 Å². The van der Waals surface area contributed by atoms with Crippen LogP contribution in [0.1, 0.15) is 10.6 Å². The van der Waals surface area contributed by atoms with Crippen molar-refractivity contribution < 1.29 is 14.1 Å². The van der Waals surface area contributed by atoms with Crippen molar-refractivity contribution in [1.29, 1.82) is 0 Å². The van der Waals surface area contributed by atoms with Crippen molar-refractivity contribution in [2.75, 3.05) is 7.05 Å². The van der Waals surface area contributed by atoms with Crippen LogP contribution in [-0.4, -0.2) is 23.0 Å². The average Bonchev–Trinajstić information content (AvgIpc) is 2.74. The van der Waals surface area contributed by atoms with Gasteiger partial charge in [0.15, 0.2) is 5.11 Å². The van der Waals surface area contributed by atoms with Crippen molar-refractivity contribution in [3.8, 4) is 0 Å². The number of furan rings is 1. The number of amides is 1. The molecule has 1 rings (SSSR count). The maximum absolute atomic E-state index is 11.3. The molecule has 1 aromatic heterocycles. The van der Waals surface area contributed by atoms with Gasteiger partial charge in [-0.1, -0.05) is 0 Å². The lowest BCUT2D eigenvalue weighted by atomic mass is 10.4. The van der Waals surface area contributed by atoms with Gasteiger partial charge in [0.1, 0.15) is 4.92 Å². The van der Waals surface area contributed by atoms with Gasteiger partial charge in [0.05, 0.1) is 6.07 Å². The molecule has 1 amide bonds. The third-order valence-electron chi connectivity index (χ3n) is 1.51. The molecule has 0 radical (unpaired) electrons. The Balaban J connectivity index is 2.59. The smallest absolute Gasteiger partial charge is 0.395 e. The van der Waals surface area contributed by atoms with Crippen LogP contribution in [0.2, 0.25) is 0 Å². The van der Waals surface area contributed by atoms with E-state index in [0.717, 1.165) is 6.07 Å². The van der Waals surface area contributed by atoms with Gasteiger partial charge < -0.3 is 9.73 Å². The molecular formula is C7H8N4O4S. The highest BCUT2D eigenvalue weighted by atomic mass is 32.1. The third-order valence-corrected chi connectivity index (χ3v) is 1.82. The number of thiocarbonyl (C=S) groups is 1. The summed E-state index contributed by atoms with van der Waals surface area (Å²) >= 11 is 4.69. The van der Waals surface area contributed by atoms with Gasteiger partial charge in [0.2, 0.25) is 5.76 Å². The van der Waals surface area contributed by atoms with Crippen molar-refractivity contribution in [2.24, 2.45) is 0 Å². The van der Waals surface area contributed by atoms with E-state index in [1.165, 1.54) is 6.07 Å². The highest BCUT2D eigenvalue weighted by molar-refractivity contribution is 7.80. The molecule has 0 fully saturated rings. The number of nitrogens with one attached hydrogen (secondary N) is 3. The average molecular weight is 244 g/mol.